The zero-order valence-corrected chi connectivity index (χ0v) is 14.2. The highest BCUT2D eigenvalue weighted by Gasteiger charge is 2.33. The minimum atomic E-state index is -3.23. The van der Waals surface area contributed by atoms with E-state index in [1.165, 1.54) is 22.9 Å². The Morgan fingerprint density at radius 2 is 2.33 bits per heavy atom. The number of pyridine rings is 1. The highest BCUT2D eigenvalue weighted by molar-refractivity contribution is 8.01. The summed E-state index contributed by atoms with van der Waals surface area (Å²) in [6.45, 7) is 0.509. The molecule has 8 heteroatoms. The van der Waals surface area contributed by atoms with E-state index >= 15 is 0 Å². The topological polar surface area (TPSA) is 67.3 Å². The number of amides is 1. The van der Waals surface area contributed by atoms with Gasteiger partial charge >= 0.3 is 0 Å². The molecule has 2 heterocycles. The van der Waals surface area contributed by atoms with Crippen LogP contribution < -0.4 is 0 Å². The lowest BCUT2D eigenvalue weighted by atomic mass is 10.4. The van der Waals surface area contributed by atoms with Crippen LogP contribution in [0.1, 0.15) is 6.42 Å². The first kappa shape index (κ1) is 16.6. The van der Waals surface area contributed by atoms with Crippen LogP contribution in [0.2, 0.25) is 0 Å². The zero-order chi connectivity index (χ0) is 15.3. The highest BCUT2D eigenvalue weighted by atomic mass is 32.2. The van der Waals surface area contributed by atoms with Crippen LogP contribution in [0.25, 0.3) is 0 Å². The molecule has 1 aromatic heterocycles. The van der Waals surface area contributed by atoms with Crippen LogP contribution >= 0.6 is 23.5 Å². The molecule has 1 saturated heterocycles. The van der Waals surface area contributed by atoms with Gasteiger partial charge in [0, 0.05) is 42.7 Å². The Hall–Kier alpha value is -0.730. The van der Waals surface area contributed by atoms with E-state index in [0.29, 0.717) is 24.5 Å². The fraction of sp³-hybridized carbons (Fsp3) is 0.538. The number of carbonyl (C=O) groups excluding carboxylic acids is 1. The number of hydrogen-bond acceptors (Lipinski definition) is 6. The summed E-state index contributed by atoms with van der Waals surface area (Å²) in [5, 5.41) is 0.197. The molecular weight excluding hydrogens is 328 g/mol. The first-order valence-corrected chi connectivity index (χ1v) is 10.7. The van der Waals surface area contributed by atoms with Crippen molar-refractivity contribution < 1.29 is 13.2 Å². The van der Waals surface area contributed by atoms with Gasteiger partial charge in [-0.05, 0) is 12.1 Å². The number of aromatic nitrogens is 1. The molecule has 21 heavy (non-hydrogen) atoms. The van der Waals surface area contributed by atoms with Crippen molar-refractivity contribution in [2.24, 2.45) is 0 Å². The third-order valence-electron chi connectivity index (χ3n) is 3.10. The van der Waals surface area contributed by atoms with Crippen LogP contribution in [0.3, 0.4) is 0 Å². The molecule has 0 radical (unpaired) electrons. The lowest BCUT2D eigenvalue weighted by molar-refractivity contribution is -0.131. The van der Waals surface area contributed by atoms with E-state index in [2.05, 4.69) is 4.98 Å². The lowest BCUT2D eigenvalue weighted by Gasteiger charge is -2.34. The van der Waals surface area contributed by atoms with Gasteiger partial charge in [-0.1, -0.05) is 6.07 Å². The second-order valence-corrected chi connectivity index (χ2v) is 9.18. The first-order chi connectivity index (χ1) is 9.98. The van der Waals surface area contributed by atoms with Gasteiger partial charge in [-0.15, -0.1) is 11.8 Å². The van der Waals surface area contributed by atoms with Crippen molar-refractivity contribution in [3.63, 3.8) is 0 Å². The van der Waals surface area contributed by atoms with Crippen LogP contribution in [0.4, 0.5) is 0 Å². The molecule has 1 aliphatic heterocycles. The van der Waals surface area contributed by atoms with E-state index in [0.717, 1.165) is 10.8 Å². The van der Waals surface area contributed by atoms with Crippen molar-refractivity contribution in [3.05, 3.63) is 24.4 Å². The molecule has 1 aromatic rings. The smallest absolute Gasteiger partial charge is 0.224 e. The SMILES string of the molecule is CS(=O)(=O)C1CSCCN1C(=O)CCSc1ccccn1. The summed E-state index contributed by atoms with van der Waals surface area (Å²) in [7, 11) is -3.23. The van der Waals surface area contributed by atoms with E-state index in [9.17, 15) is 13.2 Å². The summed E-state index contributed by atoms with van der Waals surface area (Å²) >= 11 is 3.09. The molecule has 1 fully saturated rings. The van der Waals surface area contributed by atoms with Crippen LogP contribution in [-0.4, -0.2) is 59.6 Å². The maximum absolute atomic E-state index is 12.3. The summed E-state index contributed by atoms with van der Waals surface area (Å²) in [6.07, 6.45) is 3.25. The Morgan fingerprint density at radius 1 is 1.52 bits per heavy atom. The van der Waals surface area contributed by atoms with E-state index in [-0.39, 0.29) is 5.91 Å². The van der Waals surface area contributed by atoms with Gasteiger partial charge in [0.2, 0.25) is 5.91 Å². The first-order valence-electron chi connectivity index (χ1n) is 6.58. The second kappa shape index (κ2) is 7.51. The molecule has 0 aromatic carbocycles. The number of rotatable bonds is 5. The predicted molar refractivity (Wildman–Crippen MR) is 87.2 cm³/mol. The highest BCUT2D eigenvalue weighted by Crippen LogP contribution is 2.22. The van der Waals surface area contributed by atoms with Crippen LogP contribution in [0.5, 0.6) is 0 Å². The fourth-order valence-electron chi connectivity index (χ4n) is 2.04. The third-order valence-corrected chi connectivity index (χ3v) is 6.69. The number of sulfone groups is 1. The van der Waals surface area contributed by atoms with Crippen molar-refractivity contribution in [2.45, 2.75) is 16.8 Å². The van der Waals surface area contributed by atoms with Crippen LogP contribution in [-0.2, 0) is 14.6 Å². The van der Waals surface area contributed by atoms with E-state index in [1.807, 2.05) is 18.2 Å². The Balaban J connectivity index is 1.89. The van der Waals surface area contributed by atoms with Gasteiger partial charge in [-0.25, -0.2) is 13.4 Å². The molecule has 0 bridgehead atoms. The maximum atomic E-state index is 12.3. The summed E-state index contributed by atoms with van der Waals surface area (Å²) in [6, 6.07) is 5.64. The van der Waals surface area contributed by atoms with Gasteiger partial charge in [0.1, 0.15) is 5.37 Å². The molecule has 5 nitrogen and oxygen atoms in total. The molecule has 1 amide bonds. The van der Waals surface area contributed by atoms with E-state index in [1.54, 1.807) is 18.0 Å². The van der Waals surface area contributed by atoms with Gasteiger partial charge < -0.3 is 4.90 Å². The summed E-state index contributed by atoms with van der Waals surface area (Å²) in [4.78, 5) is 18.0. The van der Waals surface area contributed by atoms with Gasteiger partial charge in [0.25, 0.3) is 0 Å². The molecule has 116 valence electrons. The largest absolute Gasteiger partial charge is 0.324 e. The monoisotopic (exact) mass is 346 g/mol. The number of carbonyl (C=O) groups is 1. The van der Waals surface area contributed by atoms with Crippen molar-refractivity contribution in [1.29, 1.82) is 0 Å². The van der Waals surface area contributed by atoms with Crippen molar-refractivity contribution >= 4 is 39.3 Å². The normalized spacial score (nSPS) is 19.5. The van der Waals surface area contributed by atoms with Crippen molar-refractivity contribution in [2.75, 3.05) is 30.1 Å². The molecular formula is C13H18N2O3S3. The fourth-order valence-corrected chi connectivity index (χ4v) is 5.67. The summed E-state index contributed by atoms with van der Waals surface area (Å²) in [5.74, 6) is 1.79. The van der Waals surface area contributed by atoms with Gasteiger partial charge in [-0.2, -0.15) is 11.8 Å². The van der Waals surface area contributed by atoms with Crippen LogP contribution in [0, 0.1) is 0 Å². The molecule has 1 aliphatic rings. The Morgan fingerprint density at radius 3 is 3.00 bits per heavy atom. The average molecular weight is 346 g/mol. The Labute approximate surface area is 133 Å². The minimum absolute atomic E-state index is 0.0887. The van der Waals surface area contributed by atoms with Gasteiger partial charge in [-0.3, -0.25) is 4.79 Å². The van der Waals surface area contributed by atoms with E-state index < -0.39 is 15.2 Å². The van der Waals surface area contributed by atoms with Crippen molar-refractivity contribution in [3.8, 4) is 0 Å². The molecule has 0 N–H and O–H groups in total. The number of hydrogen-bond donors (Lipinski definition) is 0. The zero-order valence-electron chi connectivity index (χ0n) is 11.8. The summed E-state index contributed by atoms with van der Waals surface area (Å²) in [5.41, 5.74) is 0. The standard InChI is InChI=1S/C13H18N2O3S3/c1-21(17,18)13-10-19-9-7-15(13)12(16)5-8-20-11-4-2-3-6-14-11/h2-4,6,13H,5,7-10H2,1H3. The minimum Gasteiger partial charge on any atom is -0.324 e. The van der Waals surface area contributed by atoms with Gasteiger partial charge in [0.15, 0.2) is 9.84 Å². The van der Waals surface area contributed by atoms with Gasteiger partial charge in [0.05, 0.1) is 5.03 Å². The van der Waals surface area contributed by atoms with E-state index in [4.69, 9.17) is 0 Å². The average Bonchev–Trinajstić information content (AvgIpc) is 2.47. The molecule has 1 unspecified atom stereocenters. The quantitative estimate of drug-likeness (QED) is 0.753. The third kappa shape index (κ3) is 4.89. The molecule has 1 atom stereocenters. The molecule has 0 aliphatic carbocycles. The Bertz CT molecular complexity index is 578. The summed E-state index contributed by atoms with van der Waals surface area (Å²) < 4.78 is 23.5. The molecule has 0 spiro atoms. The molecule has 0 saturated carbocycles. The number of thioether (sulfide) groups is 2. The number of nitrogens with zero attached hydrogens (tertiary/aromatic N) is 2. The Kier molecular flexibility index (Phi) is 5.95. The predicted octanol–water partition coefficient (Wildman–Crippen LogP) is 1.51. The van der Waals surface area contributed by atoms with Crippen LogP contribution in [0.15, 0.2) is 29.4 Å². The lowest BCUT2D eigenvalue weighted by Crippen LogP contribution is -2.50. The molecule has 2 rings (SSSR count). The second-order valence-electron chi connectivity index (χ2n) is 4.71. The van der Waals surface area contributed by atoms with Crippen molar-refractivity contribution in [1.82, 2.24) is 9.88 Å². The maximum Gasteiger partial charge on any atom is 0.224 e.